The number of benzene rings is 2. The zero-order chi connectivity index (χ0) is 12.9. The molecule has 1 aliphatic rings. The van der Waals surface area contributed by atoms with Gasteiger partial charge >= 0.3 is 11.9 Å². The van der Waals surface area contributed by atoms with Crippen molar-refractivity contribution >= 4 is 22.7 Å². The molecule has 0 fully saturated rings. The predicted octanol–water partition coefficient (Wildman–Crippen LogP) is 1.70. The number of cyclic esters (lactones) is 1. The number of hydrogen-bond donors (Lipinski definition) is 2. The fraction of sp³-hybridized carbons (Fsp3) is 0.0769. The zero-order valence-electron chi connectivity index (χ0n) is 9.08. The molecular weight excluding hydrogens is 236 g/mol. The summed E-state index contributed by atoms with van der Waals surface area (Å²) in [6.07, 6.45) is -1.33. The van der Waals surface area contributed by atoms with Gasteiger partial charge in [-0.1, -0.05) is 18.2 Å². The van der Waals surface area contributed by atoms with Crippen molar-refractivity contribution in [3.63, 3.8) is 0 Å². The third kappa shape index (κ3) is 1.31. The first-order chi connectivity index (χ1) is 8.59. The molecule has 5 nitrogen and oxygen atoms in total. The van der Waals surface area contributed by atoms with Crippen LogP contribution >= 0.6 is 0 Å². The number of carboxylic acids is 1. The lowest BCUT2D eigenvalue weighted by molar-refractivity contribution is -0.0540. The van der Waals surface area contributed by atoms with E-state index in [-0.39, 0.29) is 11.1 Å². The Morgan fingerprint density at radius 1 is 1.17 bits per heavy atom. The van der Waals surface area contributed by atoms with Crippen LogP contribution in [0.25, 0.3) is 10.8 Å². The molecule has 1 atom stereocenters. The lowest BCUT2D eigenvalue weighted by Crippen LogP contribution is -2.00. The molecule has 0 radical (unpaired) electrons. The molecule has 2 aromatic carbocycles. The Morgan fingerprint density at radius 2 is 1.94 bits per heavy atom. The van der Waals surface area contributed by atoms with Gasteiger partial charge in [-0.2, -0.15) is 0 Å². The summed E-state index contributed by atoms with van der Waals surface area (Å²) in [4.78, 5) is 22.5. The number of fused-ring (bicyclic) bond motifs is 3. The second-order valence-electron chi connectivity index (χ2n) is 3.99. The summed E-state index contributed by atoms with van der Waals surface area (Å²) >= 11 is 0. The van der Waals surface area contributed by atoms with Gasteiger partial charge in [-0.15, -0.1) is 0 Å². The van der Waals surface area contributed by atoms with E-state index in [4.69, 9.17) is 9.84 Å². The van der Waals surface area contributed by atoms with Crippen molar-refractivity contribution in [1.82, 2.24) is 0 Å². The van der Waals surface area contributed by atoms with Crippen LogP contribution < -0.4 is 0 Å². The lowest BCUT2D eigenvalue weighted by Gasteiger charge is -2.08. The highest BCUT2D eigenvalue weighted by Gasteiger charge is 2.31. The second kappa shape index (κ2) is 3.54. The maximum Gasteiger partial charge on any atom is 0.341 e. The van der Waals surface area contributed by atoms with Crippen molar-refractivity contribution in [2.75, 3.05) is 0 Å². The first-order valence-electron chi connectivity index (χ1n) is 5.27. The van der Waals surface area contributed by atoms with E-state index in [0.717, 1.165) is 0 Å². The predicted molar refractivity (Wildman–Crippen MR) is 61.3 cm³/mol. The van der Waals surface area contributed by atoms with E-state index in [1.165, 1.54) is 12.1 Å². The second-order valence-corrected chi connectivity index (χ2v) is 3.99. The van der Waals surface area contributed by atoms with E-state index in [9.17, 15) is 14.7 Å². The summed E-state index contributed by atoms with van der Waals surface area (Å²) in [5.74, 6) is -1.65. The van der Waals surface area contributed by atoms with Gasteiger partial charge in [0.05, 0.1) is 11.1 Å². The third-order valence-corrected chi connectivity index (χ3v) is 3.02. The largest absolute Gasteiger partial charge is 0.478 e. The molecule has 0 amide bonds. The maximum absolute atomic E-state index is 11.4. The van der Waals surface area contributed by atoms with Gasteiger partial charge in [0.15, 0.2) is 0 Å². The van der Waals surface area contributed by atoms with Gasteiger partial charge in [-0.25, -0.2) is 9.59 Å². The van der Waals surface area contributed by atoms with Gasteiger partial charge < -0.3 is 14.9 Å². The van der Waals surface area contributed by atoms with Gasteiger partial charge in [0.25, 0.3) is 0 Å². The molecule has 1 unspecified atom stereocenters. The van der Waals surface area contributed by atoms with Crippen LogP contribution in [0.1, 0.15) is 32.6 Å². The van der Waals surface area contributed by atoms with Crippen molar-refractivity contribution in [2.45, 2.75) is 6.29 Å². The summed E-state index contributed by atoms with van der Waals surface area (Å²) in [6.45, 7) is 0. The normalized spacial score (nSPS) is 17.6. The highest BCUT2D eigenvalue weighted by Crippen LogP contribution is 2.35. The maximum atomic E-state index is 11.4. The summed E-state index contributed by atoms with van der Waals surface area (Å²) in [5, 5.41) is 19.8. The minimum Gasteiger partial charge on any atom is -0.478 e. The average Bonchev–Trinajstić information content (AvgIpc) is 2.64. The van der Waals surface area contributed by atoms with Gasteiger partial charge in [0.2, 0.25) is 6.29 Å². The van der Waals surface area contributed by atoms with E-state index in [1.807, 2.05) is 0 Å². The van der Waals surface area contributed by atoms with Crippen LogP contribution in [0.2, 0.25) is 0 Å². The van der Waals surface area contributed by atoms with Gasteiger partial charge in [-0.3, -0.25) is 0 Å². The van der Waals surface area contributed by atoms with E-state index in [0.29, 0.717) is 16.3 Å². The lowest BCUT2D eigenvalue weighted by atomic mass is 9.97. The number of aliphatic hydroxyl groups excluding tert-OH is 1. The Morgan fingerprint density at radius 3 is 2.67 bits per heavy atom. The quantitative estimate of drug-likeness (QED) is 0.746. The smallest absolute Gasteiger partial charge is 0.341 e. The van der Waals surface area contributed by atoms with Crippen molar-refractivity contribution in [3.8, 4) is 0 Å². The Bertz CT molecular complexity index is 689. The molecule has 2 N–H and O–H groups in total. The number of esters is 1. The van der Waals surface area contributed by atoms with Crippen molar-refractivity contribution in [2.24, 2.45) is 0 Å². The fourth-order valence-corrected chi connectivity index (χ4v) is 2.24. The number of hydrogen-bond acceptors (Lipinski definition) is 4. The van der Waals surface area contributed by atoms with Crippen molar-refractivity contribution in [3.05, 3.63) is 47.0 Å². The van der Waals surface area contributed by atoms with Crippen LogP contribution in [-0.2, 0) is 4.74 Å². The highest BCUT2D eigenvalue weighted by atomic mass is 16.6. The molecule has 1 heterocycles. The summed E-state index contributed by atoms with van der Waals surface area (Å²) in [7, 11) is 0. The number of rotatable bonds is 1. The fourth-order valence-electron chi connectivity index (χ4n) is 2.24. The van der Waals surface area contributed by atoms with Crippen molar-refractivity contribution < 1.29 is 24.5 Å². The molecule has 1 aliphatic heterocycles. The molecule has 90 valence electrons. The zero-order valence-corrected chi connectivity index (χ0v) is 9.08. The molecule has 5 heteroatoms. The molecule has 0 bridgehead atoms. The number of aromatic carboxylic acids is 1. The number of carboxylic acid groups (broad SMARTS) is 1. The van der Waals surface area contributed by atoms with Crippen LogP contribution in [0.5, 0.6) is 0 Å². The van der Waals surface area contributed by atoms with Crippen LogP contribution in [0.15, 0.2) is 30.3 Å². The molecule has 2 aromatic rings. The van der Waals surface area contributed by atoms with Gasteiger partial charge in [0.1, 0.15) is 0 Å². The molecule has 0 spiro atoms. The van der Waals surface area contributed by atoms with E-state index >= 15 is 0 Å². The SMILES string of the molecule is O=C1OC(O)c2c1ccc1c(C(=O)O)cccc21. The van der Waals surface area contributed by atoms with E-state index < -0.39 is 18.2 Å². The topological polar surface area (TPSA) is 83.8 Å². The Balaban J connectivity index is 2.42. The molecule has 18 heavy (non-hydrogen) atoms. The Kier molecular flexibility index (Phi) is 2.11. The van der Waals surface area contributed by atoms with Crippen LogP contribution in [-0.4, -0.2) is 22.2 Å². The summed E-state index contributed by atoms with van der Waals surface area (Å²) in [6, 6.07) is 7.73. The number of aliphatic hydroxyl groups is 1. The average molecular weight is 244 g/mol. The molecular formula is C13H8O5. The molecule has 3 rings (SSSR count). The van der Waals surface area contributed by atoms with E-state index in [2.05, 4.69) is 0 Å². The minimum absolute atomic E-state index is 0.127. The van der Waals surface area contributed by atoms with E-state index in [1.54, 1.807) is 18.2 Å². The summed E-state index contributed by atoms with van der Waals surface area (Å²) < 4.78 is 4.71. The Hall–Kier alpha value is -2.40. The van der Waals surface area contributed by atoms with Gasteiger partial charge in [0, 0.05) is 5.56 Å². The number of carbonyl (C=O) groups is 2. The summed E-state index contributed by atoms with van der Waals surface area (Å²) in [5.41, 5.74) is 0.736. The number of carbonyl (C=O) groups excluding carboxylic acids is 1. The van der Waals surface area contributed by atoms with Crippen LogP contribution in [0.3, 0.4) is 0 Å². The molecule has 0 saturated heterocycles. The molecule has 0 aromatic heterocycles. The monoisotopic (exact) mass is 244 g/mol. The van der Waals surface area contributed by atoms with Crippen LogP contribution in [0.4, 0.5) is 0 Å². The first kappa shape index (κ1) is 10.7. The number of ether oxygens (including phenoxy) is 1. The third-order valence-electron chi connectivity index (χ3n) is 3.02. The molecule has 0 aliphatic carbocycles. The minimum atomic E-state index is -1.33. The standard InChI is InChI=1S/C13H8O5/c14-11(15)8-3-1-2-7-6(8)4-5-9-10(7)13(17)18-12(9)16/h1-5,13,17H,(H,14,15). The van der Waals surface area contributed by atoms with Crippen LogP contribution in [0, 0.1) is 0 Å². The molecule has 0 saturated carbocycles. The van der Waals surface area contributed by atoms with Crippen molar-refractivity contribution in [1.29, 1.82) is 0 Å². The Labute approximate surface area is 101 Å². The first-order valence-corrected chi connectivity index (χ1v) is 5.27. The highest BCUT2D eigenvalue weighted by molar-refractivity contribution is 6.08. The van der Waals surface area contributed by atoms with Gasteiger partial charge in [-0.05, 0) is 22.9 Å².